The van der Waals surface area contributed by atoms with Crippen LogP contribution >= 0.6 is 0 Å². The molecule has 1 amide bonds. The van der Waals surface area contributed by atoms with Crippen molar-refractivity contribution in [3.8, 4) is 0 Å². The summed E-state index contributed by atoms with van der Waals surface area (Å²) in [5.41, 5.74) is 1.33. The van der Waals surface area contributed by atoms with Crippen LogP contribution in [0.2, 0.25) is 0 Å². The summed E-state index contributed by atoms with van der Waals surface area (Å²) in [6, 6.07) is 2.00. The van der Waals surface area contributed by atoms with Crippen LogP contribution < -0.4 is 5.32 Å². The molecule has 1 aromatic heterocycles. The number of hydrogen-bond donors (Lipinski definition) is 1. The monoisotopic (exact) mass is 276 g/mol. The maximum Gasteiger partial charge on any atom is 0.270 e. The van der Waals surface area contributed by atoms with Gasteiger partial charge < -0.3 is 5.32 Å². The van der Waals surface area contributed by atoms with Gasteiger partial charge in [-0.2, -0.15) is 0 Å². The number of aryl methyl sites for hydroxylation is 1. The highest BCUT2D eigenvalue weighted by Gasteiger charge is 2.26. The van der Waals surface area contributed by atoms with E-state index in [-0.39, 0.29) is 11.9 Å². The van der Waals surface area contributed by atoms with Crippen molar-refractivity contribution in [1.82, 2.24) is 20.2 Å². The van der Waals surface area contributed by atoms with E-state index in [0.29, 0.717) is 18.2 Å². The number of carbonyl (C=O) groups is 1. The maximum atomic E-state index is 12.1. The Kier molecular flexibility index (Phi) is 4.70. The number of rotatable bonds is 4. The van der Waals surface area contributed by atoms with Gasteiger partial charge in [0.15, 0.2) is 0 Å². The number of nitrogens with one attached hydrogen (secondary N) is 1. The number of carbonyl (C=O) groups excluding carboxylic acids is 1. The lowest BCUT2D eigenvalue weighted by atomic mass is 10.2. The van der Waals surface area contributed by atoms with Crippen LogP contribution in [-0.4, -0.2) is 40.9 Å². The second kappa shape index (κ2) is 6.31. The highest BCUT2D eigenvalue weighted by atomic mass is 16.1. The van der Waals surface area contributed by atoms with Gasteiger partial charge in [0.1, 0.15) is 11.5 Å². The van der Waals surface area contributed by atoms with E-state index in [2.05, 4.69) is 41.1 Å². The predicted octanol–water partition coefficient (Wildman–Crippen LogP) is 1.94. The Bertz CT molecular complexity index is 487. The first-order chi connectivity index (χ1) is 9.47. The molecule has 0 radical (unpaired) electrons. The molecule has 5 nitrogen and oxygen atoms in total. The lowest BCUT2D eigenvalue weighted by Crippen LogP contribution is -2.29. The minimum atomic E-state index is -0.105. The normalized spacial score (nSPS) is 19.6. The van der Waals surface area contributed by atoms with Gasteiger partial charge in [-0.05, 0) is 45.3 Å². The van der Waals surface area contributed by atoms with E-state index >= 15 is 0 Å². The van der Waals surface area contributed by atoms with Crippen LogP contribution in [0.5, 0.6) is 0 Å². The van der Waals surface area contributed by atoms with Gasteiger partial charge in [-0.25, -0.2) is 9.97 Å². The second-order valence-electron chi connectivity index (χ2n) is 6.00. The molecule has 0 unspecified atom stereocenters. The highest BCUT2D eigenvalue weighted by molar-refractivity contribution is 5.92. The average Bonchev–Trinajstić information content (AvgIpc) is 2.81. The van der Waals surface area contributed by atoms with E-state index < -0.39 is 0 Å². The Morgan fingerprint density at radius 2 is 2.25 bits per heavy atom. The van der Waals surface area contributed by atoms with Gasteiger partial charge in [0.05, 0.1) is 6.04 Å². The fraction of sp³-hybridized carbons (Fsp3) is 0.667. The van der Waals surface area contributed by atoms with Crippen LogP contribution in [-0.2, 0) is 0 Å². The molecule has 1 atom stereocenters. The summed E-state index contributed by atoms with van der Waals surface area (Å²) >= 11 is 0. The Morgan fingerprint density at radius 1 is 1.50 bits per heavy atom. The quantitative estimate of drug-likeness (QED) is 0.913. The van der Waals surface area contributed by atoms with Gasteiger partial charge >= 0.3 is 0 Å². The molecule has 1 fully saturated rings. The van der Waals surface area contributed by atoms with Gasteiger partial charge in [-0.15, -0.1) is 0 Å². The van der Waals surface area contributed by atoms with Crippen LogP contribution in [0.15, 0.2) is 6.07 Å². The number of likely N-dealkylation sites (tertiary alicyclic amines) is 1. The first kappa shape index (κ1) is 14.9. The maximum absolute atomic E-state index is 12.1. The SMILES string of the molecule is Cc1cc(C(=O)NCC(C)C)nc([C@@H]2CCCN2C)n1. The molecule has 110 valence electrons. The number of nitrogens with zero attached hydrogens (tertiary/aromatic N) is 3. The number of amides is 1. The summed E-state index contributed by atoms with van der Waals surface area (Å²) in [6.45, 7) is 7.80. The largest absolute Gasteiger partial charge is 0.350 e. The van der Waals surface area contributed by atoms with E-state index in [4.69, 9.17) is 0 Å². The van der Waals surface area contributed by atoms with Crippen LogP contribution in [0.1, 0.15) is 54.7 Å². The molecule has 1 aliphatic rings. The Labute approximate surface area is 120 Å². The second-order valence-corrected chi connectivity index (χ2v) is 6.00. The number of aromatic nitrogens is 2. The molecular formula is C15H24N4O. The van der Waals surface area contributed by atoms with Gasteiger partial charge in [0.2, 0.25) is 0 Å². The summed E-state index contributed by atoms with van der Waals surface area (Å²) in [5, 5.41) is 2.91. The third kappa shape index (κ3) is 3.54. The molecule has 1 aromatic rings. The third-order valence-corrected chi connectivity index (χ3v) is 3.59. The highest BCUT2D eigenvalue weighted by Crippen LogP contribution is 2.28. The zero-order valence-electron chi connectivity index (χ0n) is 12.8. The van der Waals surface area contributed by atoms with E-state index in [1.54, 1.807) is 6.07 Å². The zero-order chi connectivity index (χ0) is 14.7. The van der Waals surface area contributed by atoms with Crippen molar-refractivity contribution in [2.75, 3.05) is 20.1 Å². The molecular weight excluding hydrogens is 252 g/mol. The van der Waals surface area contributed by atoms with Crippen molar-refractivity contribution < 1.29 is 4.79 Å². The van der Waals surface area contributed by atoms with Crippen molar-refractivity contribution in [2.45, 2.75) is 39.7 Å². The van der Waals surface area contributed by atoms with E-state index in [9.17, 15) is 4.79 Å². The predicted molar refractivity (Wildman–Crippen MR) is 78.5 cm³/mol. The molecule has 0 aromatic carbocycles. The summed E-state index contributed by atoms with van der Waals surface area (Å²) < 4.78 is 0. The minimum absolute atomic E-state index is 0.105. The standard InChI is InChI=1S/C15H24N4O/c1-10(2)9-16-15(20)12-8-11(3)17-14(18-12)13-6-5-7-19(13)4/h8,10,13H,5-7,9H2,1-4H3,(H,16,20)/t13-/m0/s1. The van der Waals surface area contributed by atoms with Crippen LogP contribution in [0.3, 0.4) is 0 Å². The zero-order valence-corrected chi connectivity index (χ0v) is 12.8. The first-order valence-electron chi connectivity index (χ1n) is 7.31. The third-order valence-electron chi connectivity index (χ3n) is 3.59. The molecule has 1 aliphatic heterocycles. The molecule has 2 rings (SSSR count). The van der Waals surface area contributed by atoms with Crippen LogP contribution in [0, 0.1) is 12.8 Å². The van der Waals surface area contributed by atoms with Crippen LogP contribution in [0.25, 0.3) is 0 Å². The van der Waals surface area contributed by atoms with Crippen molar-refractivity contribution in [3.05, 3.63) is 23.3 Å². The smallest absolute Gasteiger partial charge is 0.270 e. The van der Waals surface area contributed by atoms with Crippen molar-refractivity contribution in [1.29, 1.82) is 0 Å². The lowest BCUT2D eigenvalue weighted by molar-refractivity contribution is 0.0943. The molecule has 1 N–H and O–H groups in total. The molecule has 0 aliphatic carbocycles. The van der Waals surface area contributed by atoms with Crippen LogP contribution in [0.4, 0.5) is 0 Å². The van der Waals surface area contributed by atoms with Gasteiger partial charge in [-0.3, -0.25) is 9.69 Å². The fourth-order valence-electron chi connectivity index (χ4n) is 2.48. The molecule has 0 spiro atoms. The molecule has 0 bridgehead atoms. The first-order valence-corrected chi connectivity index (χ1v) is 7.31. The van der Waals surface area contributed by atoms with Gasteiger partial charge in [-0.1, -0.05) is 13.8 Å². The molecule has 0 saturated carbocycles. The van der Waals surface area contributed by atoms with E-state index in [1.807, 2.05) is 6.92 Å². The van der Waals surface area contributed by atoms with Crippen molar-refractivity contribution in [2.24, 2.45) is 5.92 Å². The van der Waals surface area contributed by atoms with E-state index in [0.717, 1.165) is 30.9 Å². The van der Waals surface area contributed by atoms with Crippen molar-refractivity contribution in [3.63, 3.8) is 0 Å². The van der Waals surface area contributed by atoms with Gasteiger partial charge in [0.25, 0.3) is 5.91 Å². The summed E-state index contributed by atoms with van der Waals surface area (Å²) in [6.07, 6.45) is 2.22. The number of hydrogen-bond acceptors (Lipinski definition) is 4. The molecule has 5 heteroatoms. The van der Waals surface area contributed by atoms with Crippen molar-refractivity contribution >= 4 is 5.91 Å². The Morgan fingerprint density at radius 3 is 2.85 bits per heavy atom. The topological polar surface area (TPSA) is 58.1 Å². The van der Waals surface area contributed by atoms with Gasteiger partial charge in [0, 0.05) is 12.2 Å². The molecule has 2 heterocycles. The van der Waals surface area contributed by atoms with E-state index in [1.165, 1.54) is 0 Å². The molecule has 1 saturated heterocycles. The Balaban J connectivity index is 2.18. The minimum Gasteiger partial charge on any atom is -0.350 e. The Hall–Kier alpha value is -1.49. The summed E-state index contributed by atoms with van der Waals surface area (Å²) in [7, 11) is 2.09. The fourth-order valence-corrected chi connectivity index (χ4v) is 2.48. The lowest BCUT2D eigenvalue weighted by Gasteiger charge is -2.18. The summed E-state index contributed by atoms with van der Waals surface area (Å²) in [4.78, 5) is 23.4. The molecule has 20 heavy (non-hydrogen) atoms. The average molecular weight is 276 g/mol. The summed E-state index contributed by atoms with van der Waals surface area (Å²) in [5.74, 6) is 1.10.